The van der Waals surface area contributed by atoms with Gasteiger partial charge in [0.1, 0.15) is 0 Å². The average molecular weight is 779 g/mol. The number of nitrogens with two attached hydrogens (primary N) is 4. The second kappa shape index (κ2) is 19.4. The molecule has 0 aliphatic carbocycles. The van der Waals surface area contributed by atoms with E-state index in [0.29, 0.717) is 0 Å². The number of benzene rings is 4. The van der Waals surface area contributed by atoms with Crippen LogP contribution in [0, 0.1) is 27.7 Å². The van der Waals surface area contributed by atoms with Crippen LogP contribution in [-0.2, 0) is 20.1 Å². The minimum absolute atomic E-state index is 0. The Hall–Kier alpha value is -1.76. The van der Waals surface area contributed by atoms with Gasteiger partial charge in [-0.05, 0) is 49.9 Å². The van der Waals surface area contributed by atoms with Crippen LogP contribution in [0.5, 0.6) is 0 Å². The van der Waals surface area contributed by atoms with E-state index in [2.05, 4.69) is 76.2 Å². The fraction of sp³-hybridized carbons (Fsp3) is 0.250. The molecule has 0 saturated carbocycles. The number of hydrogen-bond acceptors (Lipinski definition) is 4. The smallest absolute Gasteiger partial charge is 1.00 e. The molecule has 0 saturated heterocycles. The molecule has 40 heavy (non-hydrogen) atoms. The summed E-state index contributed by atoms with van der Waals surface area (Å²) >= 11 is 0. The quantitative estimate of drug-likeness (QED) is 0.168. The van der Waals surface area contributed by atoms with Crippen LogP contribution in [0.25, 0.3) is 0 Å². The van der Waals surface area contributed by atoms with Gasteiger partial charge in [0.15, 0.2) is 0 Å². The first-order valence-electron chi connectivity index (χ1n) is 12.4. The maximum atomic E-state index is 6.23. The molecule has 0 bridgehead atoms. The van der Waals surface area contributed by atoms with E-state index in [0.717, 1.165) is 22.3 Å². The molecule has 0 aliphatic rings. The zero-order chi connectivity index (χ0) is 26.2. The van der Waals surface area contributed by atoms with Gasteiger partial charge in [0.25, 0.3) is 0 Å². The van der Waals surface area contributed by atoms with Gasteiger partial charge in [-0.1, -0.05) is 119 Å². The minimum Gasteiger partial charge on any atom is -1.00 e. The third kappa shape index (κ3) is 11.6. The summed E-state index contributed by atoms with van der Waals surface area (Å²) in [5.74, 6) is 0. The van der Waals surface area contributed by atoms with E-state index in [1.165, 1.54) is 22.3 Å². The molecule has 4 rings (SSSR count). The Labute approximate surface area is 272 Å². The third-order valence-electron chi connectivity index (χ3n) is 6.62. The fourth-order valence-corrected chi connectivity index (χ4v) is 3.98. The molecule has 0 unspecified atom stereocenters. The molecular weight excluding hydrogens is 739 g/mol. The summed E-state index contributed by atoms with van der Waals surface area (Å²) in [5.41, 5.74) is 34.2. The van der Waals surface area contributed by atoms with E-state index in [1.54, 1.807) is 0 Å². The zero-order valence-corrected chi connectivity index (χ0v) is 28.0. The maximum absolute atomic E-state index is 6.23. The first kappa shape index (κ1) is 40.4. The van der Waals surface area contributed by atoms with Crippen LogP contribution in [0.3, 0.4) is 0 Å². The molecule has 8 heteroatoms. The van der Waals surface area contributed by atoms with E-state index >= 15 is 0 Å². The van der Waals surface area contributed by atoms with Crippen molar-refractivity contribution in [2.75, 3.05) is 0 Å². The summed E-state index contributed by atoms with van der Waals surface area (Å²) in [4.78, 5) is 0. The number of aryl methyl sites for hydroxylation is 4. The Morgan fingerprint density at radius 2 is 0.450 bits per heavy atom. The van der Waals surface area contributed by atoms with Crippen molar-refractivity contribution in [3.63, 3.8) is 0 Å². The fourth-order valence-electron chi connectivity index (χ4n) is 3.98. The predicted octanol–water partition coefficient (Wildman–Crippen LogP) is -2.98. The Balaban J connectivity index is 0. The predicted molar refractivity (Wildman–Crippen MR) is 152 cm³/mol. The monoisotopic (exact) mass is 778 g/mol. The second-order valence-electron chi connectivity index (χ2n) is 9.75. The van der Waals surface area contributed by atoms with Crippen LogP contribution in [0.2, 0.25) is 0 Å². The van der Waals surface area contributed by atoms with Crippen molar-refractivity contribution in [1.29, 1.82) is 0 Å². The molecule has 0 aliphatic heterocycles. The number of halogens is 3. The van der Waals surface area contributed by atoms with Gasteiger partial charge in [-0.2, -0.15) is 0 Å². The summed E-state index contributed by atoms with van der Waals surface area (Å²) in [6.45, 7) is 8.26. The van der Waals surface area contributed by atoms with Crippen LogP contribution < -0.4 is 60.2 Å². The van der Waals surface area contributed by atoms with Crippen LogP contribution in [0.4, 0.5) is 0 Å². The largest absolute Gasteiger partial charge is 3.00 e. The molecule has 0 spiro atoms. The van der Waals surface area contributed by atoms with Crippen LogP contribution in [-0.4, -0.2) is 0 Å². The van der Waals surface area contributed by atoms with Crippen molar-refractivity contribution in [3.8, 4) is 0 Å². The number of hydrogen-bond donors (Lipinski definition) is 4. The van der Waals surface area contributed by atoms with E-state index in [1.807, 2.05) is 48.5 Å². The summed E-state index contributed by atoms with van der Waals surface area (Å²) in [5, 5.41) is 0. The van der Waals surface area contributed by atoms with E-state index in [9.17, 15) is 0 Å². The van der Waals surface area contributed by atoms with Crippen LogP contribution in [0.1, 0.15) is 68.7 Å². The van der Waals surface area contributed by atoms with Gasteiger partial charge in [-0.15, -0.1) is 0 Å². The van der Waals surface area contributed by atoms with Gasteiger partial charge in [-0.25, -0.2) is 0 Å². The molecule has 0 radical (unpaired) electrons. The molecule has 8 N–H and O–H groups in total. The SMILES string of the molecule is Cc1ccc([C@@H](N)[C@H](N)c2ccc(C)cc2)cc1.Cc1ccc([C@@H](N)[C@H](N)c2ccc(C)cc2)cc1.[Cl-].[Cl-].[Cl-].[Ir+3]. The zero-order valence-electron chi connectivity index (χ0n) is 23.3. The van der Waals surface area contributed by atoms with Gasteiger partial charge < -0.3 is 60.2 Å². The summed E-state index contributed by atoms with van der Waals surface area (Å²) in [7, 11) is 0. The molecular formula is C32H40Cl3IrN4. The van der Waals surface area contributed by atoms with Gasteiger partial charge in [-0.3, -0.25) is 0 Å². The molecule has 0 amide bonds. The Bertz CT molecular complexity index is 1020. The molecule has 4 aromatic carbocycles. The Morgan fingerprint density at radius 3 is 0.575 bits per heavy atom. The number of rotatable bonds is 6. The van der Waals surface area contributed by atoms with E-state index in [-0.39, 0.29) is 81.5 Å². The summed E-state index contributed by atoms with van der Waals surface area (Å²) in [6, 6.07) is 32.2. The maximum Gasteiger partial charge on any atom is 3.00 e. The van der Waals surface area contributed by atoms with Crippen molar-refractivity contribution in [1.82, 2.24) is 0 Å². The van der Waals surface area contributed by atoms with Gasteiger partial charge in [0.05, 0.1) is 0 Å². The van der Waals surface area contributed by atoms with E-state index < -0.39 is 0 Å². The average Bonchev–Trinajstić information content (AvgIpc) is 2.89. The van der Waals surface area contributed by atoms with Gasteiger partial charge >= 0.3 is 20.1 Å². The summed E-state index contributed by atoms with van der Waals surface area (Å²) in [6.07, 6.45) is 0. The van der Waals surface area contributed by atoms with Crippen molar-refractivity contribution in [2.24, 2.45) is 22.9 Å². The molecule has 0 heterocycles. The molecule has 4 aromatic rings. The second-order valence-corrected chi connectivity index (χ2v) is 9.75. The topological polar surface area (TPSA) is 104 Å². The van der Waals surface area contributed by atoms with Crippen molar-refractivity contribution < 1.29 is 57.3 Å². The van der Waals surface area contributed by atoms with Crippen LogP contribution >= 0.6 is 0 Å². The first-order valence-corrected chi connectivity index (χ1v) is 12.4. The van der Waals surface area contributed by atoms with Gasteiger partial charge in [0.2, 0.25) is 0 Å². The molecule has 218 valence electrons. The standard InChI is InChI=1S/2C16H20N2.3ClH.Ir/c2*1-11-3-7-13(8-4-11)15(17)16(18)14-9-5-12(2)6-10-14;;;;/h2*3-10,15-16H,17-18H2,1-2H3;3*1H;/q;;;;;+3/p-3/t2*15-,16-;;;;/m11..../s1. The molecule has 0 fully saturated rings. The molecule has 4 atom stereocenters. The third-order valence-corrected chi connectivity index (χ3v) is 6.62. The van der Waals surface area contributed by atoms with Crippen molar-refractivity contribution in [3.05, 3.63) is 142 Å². The molecule has 0 aromatic heterocycles. The normalized spacial score (nSPS) is 12.8. The van der Waals surface area contributed by atoms with Gasteiger partial charge in [0, 0.05) is 24.2 Å². The van der Waals surface area contributed by atoms with Crippen molar-refractivity contribution >= 4 is 0 Å². The minimum atomic E-state index is -0.173. The molecule has 4 nitrogen and oxygen atoms in total. The van der Waals surface area contributed by atoms with E-state index in [4.69, 9.17) is 22.9 Å². The van der Waals surface area contributed by atoms with Crippen LogP contribution in [0.15, 0.2) is 97.1 Å². The summed E-state index contributed by atoms with van der Waals surface area (Å²) < 4.78 is 0. The first-order chi connectivity index (χ1) is 17.2. The Kier molecular flexibility index (Phi) is 19.6. The Morgan fingerprint density at radius 1 is 0.325 bits per heavy atom. The van der Waals surface area contributed by atoms with Crippen molar-refractivity contribution in [2.45, 2.75) is 51.9 Å².